The third-order valence-electron chi connectivity index (χ3n) is 5.13. The molecule has 3 aromatic rings. The molecule has 1 amide bonds. The van der Waals surface area contributed by atoms with E-state index in [4.69, 9.17) is 25.8 Å². The van der Waals surface area contributed by atoms with Crippen LogP contribution >= 0.6 is 27.5 Å². The number of nitrogens with zero attached hydrogens (tertiary/aromatic N) is 2. The van der Waals surface area contributed by atoms with Crippen LogP contribution in [0.1, 0.15) is 11.1 Å². The Morgan fingerprint density at radius 3 is 2.14 bits per heavy atom. The molecule has 9 nitrogen and oxygen atoms in total. The van der Waals surface area contributed by atoms with E-state index >= 15 is 0 Å². The van der Waals surface area contributed by atoms with Crippen molar-refractivity contribution < 1.29 is 27.4 Å². The van der Waals surface area contributed by atoms with Gasteiger partial charge in [0.2, 0.25) is 15.8 Å². The first-order chi connectivity index (χ1) is 17.7. The van der Waals surface area contributed by atoms with E-state index in [1.54, 1.807) is 48.5 Å². The standard InChI is InChI=1S/C25H25BrClN3O6S/c1-34-22-12-18(13-23(35-2)25(22)36-3)14-28-29-24(31)16-30(15-17-4-8-20(27)9-5-17)37(32,33)21-10-6-19(26)7-11-21/h4-14H,15-16H2,1-3H3,(H,29,31)/b28-14-. The first-order valence-electron chi connectivity index (χ1n) is 10.8. The number of sulfonamides is 1. The summed E-state index contributed by atoms with van der Waals surface area (Å²) in [6.07, 6.45) is 1.38. The average molecular weight is 611 g/mol. The van der Waals surface area contributed by atoms with Crippen LogP contribution in [-0.4, -0.2) is 52.7 Å². The maximum Gasteiger partial charge on any atom is 0.255 e. The first kappa shape index (κ1) is 28.5. The van der Waals surface area contributed by atoms with Gasteiger partial charge >= 0.3 is 0 Å². The van der Waals surface area contributed by atoms with Crippen LogP contribution in [0, 0.1) is 0 Å². The van der Waals surface area contributed by atoms with Crippen LogP contribution in [0.3, 0.4) is 0 Å². The molecule has 0 unspecified atom stereocenters. The van der Waals surface area contributed by atoms with Gasteiger partial charge in [-0.15, -0.1) is 0 Å². The second kappa shape index (κ2) is 12.9. The van der Waals surface area contributed by atoms with Gasteiger partial charge in [0.15, 0.2) is 11.5 Å². The third-order valence-corrected chi connectivity index (χ3v) is 7.72. The van der Waals surface area contributed by atoms with Gasteiger partial charge in [-0.25, -0.2) is 13.8 Å². The Morgan fingerprint density at radius 1 is 1.00 bits per heavy atom. The molecule has 3 rings (SSSR count). The van der Waals surface area contributed by atoms with Crippen molar-refractivity contribution in [3.8, 4) is 17.2 Å². The number of halogens is 2. The van der Waals surface area contributed by atoms with Gasteiger partial charge in [0.05, 0.1) is 39.0 Å². The van der Waals surface area contributed by atoms with Crippen molar-refractivity contribution in [1.29, 1.82) is 0 Å². The number of rotatable bonds is 11. The van der Waals surface area contributed by atoms with Crippen molar-refractivity contribution >= 4 is 49.7 Å². The van der Waals surface area contributed by atoms with E-state index < -0.39 is 22.5 Å². The van der Waals surface area contributed by atoms with Crippen LogP contribution in [0.2, 0.25) is 5.02 Å². The highest BCUT2D eigenvalue weighted by molar-refractivity contribution is 9.10. The van der Waals surface area contributed by atoms with Gasteiger partial charge in [0, 0.05) is 21.6 Å². The number of hydrazone groups is 1. The summed E-state index contributed by atoms with van der Waals surface area (Å²) < 4.78 is 44.5. The molecule has 37 heavy (non-hydrogen) atoms. The molecular weight excluding hydrogens is 586 g/mol. The molecule has 1 N–H and O–H groups in total. The lowest BCUT2D eigenvalue weighted by atomic mass is 10.2. The Bertz CT molecular complexity index is 1340. The molecule has 0 saturated heterocycles. The van der Waals surface area contributed by atoms with Gasteiger partial charge in [0.25, 0.3) is 5.91 Å². The molecule has 0 fully saturated rings. The van der Waals surface area contributed by atoms with Gasteiger partial charge in [-0.1, -0.05) is 39.7 Å². The summed E-state index contributed by atoms with van der Waals surface area (Å²) in [7, 11) is 0.463. The van der Waals surface area contributed by atoms with Crippen LogP contribution in [-0.2, 0) is 21.4 Å². The Hall–Kier alpha value is -3.12. The first-order valence-corrected chi connectivity index (χ1v) is 13.4. The Labute approximate surface area is 229 Å². The second-order valence-electron chi connectivity index (χ2n) is 7.61. The largest absolute Gasteiger partial charge is 0.493 e. The molecule has 196 valence electrons. The van der Waals surface area contributed by atoms with E-state index in [9.17, 15) is 13.2 Å². The van der Waals surface area contributed by atoms with Crippen molar-refractivity contribution in [3.63, 3.8) is 0 Å². The molecule has 0 aliphatic carbocycles. The van der Waals surface area contributed by atoms with Crippen molar-refractivity contribution in [1.82, 2.24) is 9.73 Å². The fraction of sp³-hybridized carbons (Fsp3) is 0.200. The Balaban J connectivity index is 1.80. The van der Waals surface area contributed by atoms with E-state index in [2.05, 4.69) is 26.5 Å². The number of benzene rings is 3. The lowest BCUT2D eigenvalue weighted by Crippen LogP contribution is -2.39. The molecule has 0 aromatic heterocycles. The van der Waals surface area contributed by atoms with E-state index in [0.717, 1.165) is 8.78 Å². The van der Waals surface area contributed by atoms with E-state index in [1.807, 2.05) is 0 Å². The number of hydrogen-bond acceptors (Lipinski definition) is 7. The summed E-state index contributed by atoms with van der Waals surface area (Å²) in [5, 5.41) is 4.48. The minimum atomic E-state index is -4.00. The molecule has 0 atom stereocenters. The number of methoxy groups -OCH3 is 3. The molecule has 12 heteroatoms. The summed E-state index contributed by atoms with van der Waals surface area (Å²) in [5.74, 6) is 0.634. The zero-order valence-electron chi connectivity index (χ0n) is 20.3. The number of ether oxygens (including phenoxy) is 3. The molecular formula is C25H25BrClN3O6S. The van der Waals surface area contributed by atoms with E-state index in [-0.39, 0.29) is 11.4 Å². The number of hydrogen-bond donors (Lipinski definition) is 1. The highest BCUT2D eigenvalue weighted by Gasteiger charge is 2.27. The third kappa shape index (κ3) is 7.45. The molecule has 0 bridgehead atoms. The van der Waals surface area contributed by atoms with Crippen LogP contribution in [0.4, 0.5) is 0 Å². The number of carbonyl (C=O) groups excluding carboxylic acids is 1. The summed E-state index contributed by atoms with van der Waals surface area (Å²) in [6.45, 7) is -0.507. The van der Waals surface area contributed by atoms with Crippen LogP contribution in [0.25, 0.3) is 0 Å². The minimum absolute atomic E-state index is 0.0421. The fourth-order valence-electron chi connectivity index (χ4n) is 3.33. The van der Waals surface area contributed by atoms with Crippen molar-refractivity contribution in [3.05, 3.63) is 81.3 Å². The van der Waals surface area contributed by atoms with E-state index in [1.165, 1.54) is 39.7 Å². The quantitative estimate of drug-likeness (QED) is 0.254. The lowest BCUT2D eigenvalue weighted by molar-refractivity contribution is -0.121. The smallest absolute Gasteiger partial charge is 0.255 e. The van der Waals surface area contributed by atoms with Crippen molar-refractivity contribution in [2.75, 3.05) is 27.9 Å². The maximum atomic E-state index is 13.4. The highest BCUT2D eigenvalue weighted by Crippen LogP contribution is 2.37. The minimum Gasteiger partial charge on any atom is -0.493 e. The Morgan fingerprint density at radius 2 is 1.59 bits per heavy atom. The van der Waals surface area contributed by atoms with Gasteiger partial charge in [-0.3, -0.25) is 4.79 Å². The topological polar surface area (TPSA) is 107 Å². The van der Waals surface area contributed by atoms with E-state index in [0.29, 0.717) is 33.4 Å². The Kier molecular flexibility index (Phi) is 9.93. The number of nitrogens with one attached hydrogen (secondary N) is 1. The maximum absolute atomic E-state index is 13.4. The van der Waals surface area contributed by atoms with Crippen LogP contribution in [0.5, 0.6) is 17.2 Å². The van der Waals surface area contributed by atoms with Crippen molar-refractivity contribution in [2.45, 2.75) is 11.4 Å². The predicted molar refractivity (Wildman–Crippen MR) is 145 cm³/mol. The van der Waals surface area contributed by atoms with Crippen molar-refractivity contribution in [2.24, 2.45) is 5.10 Å². The molecule has 0 radical (unpaired) electrons. The predicted octanol–water partition coefficient (Wildman–Crippen LogP) is 4.47. The fourth-order valence-corrected chi connectivity index (χ4v) is 5.10. The monoisotopic (exact) mass is 609 g/mol. The molecule has 3 aromatic carbocycles. The van der Waals surface area contributed by atoms with Gasteiger partial charge in [-0.2, -0.15) is 9.41 Å². The van der Waals surface area contributed by atoms with Gasteiger partial charge in [-0.05, 0) is 54.1 Å². The van der Waals surface area contributed by atoms with Crippen LogP contribution in [0.15, 0.2) is 75.1 Å². The highest BCUT2D eigenvalue weighted by atomic mass is 79.9. The molecule has 0 aliphatic rings. The SMILES string of the molecule is COc1cc(/C=N\NC(=O)CN(Cc2ccc(Cl)cc2)S(=O)(=O)c2ccc(Br)cc2)cc(OC)c1OC. The number of carbonyl (C=O) groups is 1. The molecule has 0 aliphatic heterocycles. The lowest BCUT2D eigenvalue weighted by Gasteiger charge is -2.21. The summed E-state index contributed by atoms with van der Waals surface area (Å²) in [6, 6.07) is 16.2. The zero-order valence-corrected chi connectivity index (χ0v) is 23.4. The summed E-state index contributed by atoms with van der Waals surface area (Å²) >= 11 is 9.26. The molecule has 0 spiro atoms. The average Bonchev–Trinajstić information content (AvgIpc) is 2.89. The van der Waals surface area contributed by atoms with Gasteiger partial charge in [0.1, 0.15) is 0 Å². The molecule has 0 heterocycles. The second-order valence-corrected chi connectivity index (χ2v) is 10.9. The molecule has 0 saturated carbocycles. The summed E-state index contributed by atoms with van der Waals surface area (Å²) in [5.41, 5.74) is 3.61. The van der Waals surface area contributed by atoms with Crippen LogP contribution < -0.4 is 19.6 Å². The van der Waals surface area contributed by atoms with Gasteiger partial charge < -0.3 is 14.2 Å². The normalized spacial score (nSPS) is 11.5. The zero-order chi connectivity index (χ0) is 27.0. The number of amides is 1. The summed E-state index contributed by atoms with van der Waals surface area (Å²) in [4.78, 5) is 12.8.